The zero-order chi connectivity index (χ0) is 12.7. The van der Waals surface area contributed by atoms with Gasteiger partial charge in [-0.25, -0.2) is 16.8 Å². The summed E-state index contributed by atoms with van der Waals surface area (Å²) in [6, 6.07) is 0. The van der Waals surface area contributed by atoms with Crippen LogP contribution in [0.2, 0.25) is 0 Å². The lowest BCUT2D eigenvalue weighted by atomic mass is 10.1. The Balaban J connectivity index is 2.14. The van der Waals surface area contributed by atoms with Crippen molar-refractivity contribution in [3.8, 4) is 0 Å². The number of piperidine rings is 1. The predicted molar refractivity (Wildman–Crippen MR) is 62.8 cm³/mol. The molecule has 0 saturated carbocycles. The summed E-state index contributed by atoms with van der Waals surface area (Å²) in [5.74, 6) is -0.324. The Hall–Kier alpha value is -0.180. The molecule has 0 aromatic heterocycles. The van der Waals surface area contributed by atoms with E-state index in [1.54, 1.807) is 0 Å². The molecule has 2 unspecified atom stereocenters. The number of aliphatic hydroxyl groups excluding tert-OH is 1. The van der Waals surface area contributed by atoms with Crippen LogP contribution in [0.25, 0.3) is 0 Å². The van der Waals surface area contributed by atoms with E-state index >= 15 is 0 Å². The smallest absolute Gasteiger partial charge is 0.218 e. The minimum Gasteiger partial charge on any atom is -0.392 e. The Kier molecular flexibility index (Phi) is 3.50. The van der Waals surface area contributed by atoms with Crippen LogP contribution in [0.15, 0.2) is 0 Å². The van der Waals surface area contributed by atoms with Gasteiger partial charge in [0.2, 0.25) is 10.0 Å². The fourth-order valence-electron chi connectivity index (χ4n) is 2.36. The highest BCUT2D eigenvalue weighted by molar-refractivity contribution is 7.95. The molecular formula is C9H17NO5S2. The number of sulfone groups is 1. The maximum Gasteiger partial charge on any atom is 0.218 e. The SMILES string of the molecule is O=S1(=O)CCC(S(=O)(=O)N2CCCC(O)C2)C1. The third-order valence-electron chi connectivity index (χ3n) is 3.33. The van der Waals surface area contributed by atoms with E-state index < -0.39 is 31.2 Å². The number of hydrogen-bond donors (Lipinski definition) is 1. The van der Waals surface area contributed by atoms with Gasteiger partial charge in [-0.1, -0.05) is 0 Å². The van der Waals surface area contributed by atoms with E-state index in [1.807, 2.05) is 0 Å². The van der Waals surface area contributed by atoms with Gasteiger partial charge in [-0.05, 0) is 19.3 Å². The van der Waals surface area contributed by atoms with E-state index in [1.165, 1.54) is 4.31 Å². The summed E-state index contributed by atoms with van der Waals surface area (Å²) >= 11 is 0. The van der Waals surface area contributed by atoms with Crippen LogP contribution < -0.4 is 0 Å². The molecule has 0 spiro atoms. The molecular weight excluding hydrogens is 266 g/mol. The molecule has 0 aromatic rings. The third-order valence-corrected chi connectivity index (χ3v) is 7.61. The molecule has 1 N–H and O–H groups in total. The first kappa shape index (κ1) is 13.3. The third kappa shape index (κ3) is 2.81. The first-order valence-electron chi connectivity index (χ1n) is 5.69. The zero-order valence-corrected chi connectivity index (χ0v) is 11.1. The number of rotatable bonds is 2. The molecule has 2 aliphatic heterocycles. The van der Waals surface area contributed by atoms with Crippen LogP contribution in [-0.4, -0.2) is 62.2 Å². The number of aliphatic hydroxyl groups is 1. The van der Waals surface area contributed by atoms with Crippen molar-refractivity contribution in [2.75, 3.05) is 24.6 Å². The maximum atomic E-state index is 12.2. The van der Waals surface area contributed by atoms with Crippen LogP contribution in [0.1, 0.15) is 19.3 Å². The van der Waals surface area contributed by atoms with Gasteiger partial charge < -0.3 is 5.11 Å². The minimum atomic E-state index is -3.57. The second-order valence-electron chi connectivity index (χ2n) is 4.72. The highest BCUT2D eigenvalue weighted by atomic mass is 32.2. The number of hydrogen-bond acceptors (Lipinski definition) is 5. The zero-order valence-electron chi connectivity index (χ0n) is 9.45. The summed E-state index contributed by atoms with van der Waals surface area (Å²) in [5.41, 5.74) is 0. The van der Waals surface area contributed by atoms with Crippen LogP contribution in [0.3, 0.4) is 0 Å². The molecule has 8 heteroatoms. The Morgan fingerprint density at radius 1 is 1.24 bits per heavy atom. The van der Waals surface area contributed by atoms with Crippen molar-refractivity contribution >= 4 is 19.9 Å². The van der Waals surface area contributed by atoms with Crippen molar-refractivity contribution in [3.63, 3.8) is 0 Å². The highest BCUT2D eigenvalue weighted by Crippen LogP contribution is 2.24. The van der Waals surface area contributed by atoms with Gasteiger partial charge in [0.05, 0.1) is 22.9 Å². The van der Waals surface area contributed by atoms with Crippen molar-refractivity contribution < 1.29 is 21.9 Å². The molecule has 2 aliphatic rings. The van der Waals surface area contributed by atoms with Gasteiger partial charge in [0, 0.05) is 13.1 Å². The molecule has 6 nitrogen and oxygen atoms in total. The average molecular weight is 283 g/mol. The molecule has 2 rings (SSSR count). The van der Waals surface area contributed by atoms with E-state index in [4.69, 9.17) is 0 Å². The molecule has 2 heterocycles. The highest BCUT2D eigenvalue weighted by Gasteiger charge is 2.41. The van der Waals surface area contributed by atoms with Crippen LogP contribution >= 0.6 is 0 Å². The molecule has 0 amide bonds. The molecule has 17 heavy (non-hydrogen) atoms. The fraction of sp³-hybridized carbons (Fsp3) is 1.00. The van der Waals surface area contributed by atoms with E-state index in [9.17, 15) is 21.9 Å². The average Bonchev–Trinajstić information content (AvgIpc) is 2.59. The first-order valence-corrected chi connectivity index (χ1v) is 9.01. The second-order valence-corrected chi connectivity index (χ2v) is 9.17. The molecule has 2 fully saturated rings. The molecule has 0 aromatic carbocycles. The summed E-state index contributed by atoms with van der Waals surface area (Å²) in [6.07, 6.45) is 0.781. The lowest BCUT2D eigenvalue weighted by Gasteiger charge is -2.31. The van der Waals surface area contributed by atoms with Gasteiger partial charge in [0.25, 0.3) is 0 Å². The van der Waals surface area contributed by atoms with Crippen LogP contribution in [0.4, 0.5) is 0 Å². The second kappa shape index (κ2) is 4.49. The molecule has 0 radical (unpaired) electrons. The number of nitrogens with zero attached hydrogens (tertiary/aromatic N) is 1. The Bertz CT molecular complexity index is 484. The van der Waals surface area contributed by atoms with Crippen molar-refractivity contribution in [2.45, 2.75) is 30.6 Å². The summed E-state index contributed by atoms with van der Waals surface area (Å²) in [5, 5.41) is 8.64. The number of β-amino-alcohol motifs (C(OH)–C–C–N with tert-alkyl or cyclic N) is 1. The molecule has 0 aliphatic carbocycles. The molecule has 2 saturated heterocycles. The molecule has 0 bridgehead atoms. The Morgan fingerprint density at radius 2 is 1.94 bits per heavy atom. The molecule has 100 valence electrons. The Labute approximate surface area is 102 Å². The monoisotopic (exact) mass is 283 g/mol. The first-order chi connectivity index (χ1) is 7.81. The number of sulfonamides is 1. The molecule has 2 atom stereocenters. The quantitative estimate of drug-likeness (QED) is 0.699. The van der Waals surface area contributed by atoms with Crippen molar-refractivity contribution in [3.05, 3.63) is 0 Å². The maximum absolute atomic E-state index is 12.2. The summed E-state index contributed by atoms with van der Waals surface area (Å²) < 4.78 is 48.2. The normalized spacial score (nSPS) is 34.9. The van der Waals surface area contributed by atoms with Crippen molar-refractivity contribution in [1.82, 2.24) is 4.31 Å². The fourth-order valence-corrected chi connectivity index (χ4v) is 6.96. The van der Waals surface area contributed by atoms with Gasteiger partial charge in [-0.2, -0.15) is 4.31 Å². The van der Waals surface area contributed by atoms with E-state index in [0.717, 1.165) is 0 Å². The summed E-state index contributed by atoms with van der Waals surface area (Å²) in [6.45, 7) is 0.481. The summed E-state index contributed by atoms with van der Waals surface area (Å²) in [4.78, 5) is 0. The van der Waals surface area contributed by atoms with Gasteiger partial charge >= 0.3 is 0 Å². The lowest BCUT2D eigenvalue weighted by Crippen LogP contribution is -2.46. The lowest BCUT2D eigenvalue weighted by molar-refractivity contribution is 0.107. The van der Waals surface area contributed by atoms with E-state index in [0.29, 0.717) is 19.4 Å². The topological polar surface area (TPSA) is 91.8 Å². The Morgan fingerprint density at radius 3 is 2.47 bits per heavy atom. The van der Waals surface area contributed by atoms with Crippen LogP contribution in [0.5, 0.6) is 0 Å². The largest absolute Gasteiger partial charge is 0.392 e. The van der Waals surface area contributed by atoms with Crippen molar-refractivity contribution in [1.29, 1.82) is 0 Å². The van der Waals surface area contributed by atoms with E-state index in [2.05, 4.69) is 0 Å². The van der Waals surface area contributed by atoms with Gasteiger partial charge in [0.15, 0.2) is 9.84 Å². The standard InChI is InChI=1S/C9H17NO5S2/c11-8-2-1-4-10(6-8)17(14,15)9-3-5-16(12,13)7-9/h8-9,11H,1-7H2. The van der Waals surface area contributed by atoms with E-state index in [-0.39, 0.29) is 24.5 Å². The summed E-state index contributed by atoms with van der Waals surface area (Å²) in [7, 11) is -6.77. The predicted octanol–water partition coefficient (Wildman–Crippen LogP) is -1.04. The van der Waals surface area contributed by atoms with Gasteiger partial charge in [0.1, 0.15) is 0 Å². The van der Waals surface area contributed by atoms with Crippen molar-refractivity contribution in [2.24, 2.45) is 0 Å². The van der Waals surface area contributed by atoms with Crippen LogP contribution in [-0.2, 0) is 19.9 Å². The van der Waals surface area contributed by atoms with Gasteiger partial charge in [-0.3, -0.25) is 0 Å². The minimum absolute atomic E-state index is 0.0483. The van der Waals surface area contributed by atoms with Gasteiger partial charge in [-0.15, -0.1) is 0 Å². The van der Waals surface area contributed by atoms with Crippen LogP contribution in [0, 0.1) is 0 Å².